The normalized spacial score (nSPS) is 10.9. The Hall–Kier alpha value is -3.68. The Morgan fingerprint density at radius 1 is 1.10 bits per heavy atom. The van der Waals surface area contributed by atoms with Crippen molar-refractivity contribution in [2.24, 2.45) is 5.92 Å². The van der Waals surface area contributed by atoms with Gasteiger partial charge in [0.05, 0.1) is 12.1 Å². The number of carbonyl (C=O) groups excluding carboxylic acids is 1. The van der Waals surface area contributed by atoms with E-state index in [0.717, 1.165) is 10.5 Å². The van der Waals surface area contributed by atoms with Crippen LogP contribution in [0.2, 0.25) is 0 Å². The molecule has 0 aliphatic heterocycles. The smallest absolute Gasteiger partial charge is 0.330 e. The fourth-order valence-corrected chi connectivity index (χ4v) is 3.18. The van der Waals surface area contributed by atoms with Crippen molar-refractivity contribution in [2.75, 3.05) is 17.2 Å². The number of rotatable bonds is 6. The Morgan fingerprint density at radius 2 is 1.73 bits per heavy atom. The summed E-state index contributed by atoms with van der Waals surface area (Å²) in [7, 11) is 0. The number of H-pyrrole nitrogens is 1. The van der Waals surface area contributed by atoms with Crippen LogP contribution in [0.5, 0.6) is 0 Å². The van der Waals surface area contributed by atoms with Crippen LogP contribution < -0.4 is 21.9 Å². The number of hydrogen-bond acceptors (Lipinski definition) is 4. The molecule has 30 heavy (non-hydrogen) atoms. The quantitative estimate of drug-likeness (QED) is 0.652. The molecule has 0 atom stereocenters. The van der Waals surface area contributed by atoms with E-state index in [1.165, 1.54) is 28.8 Å². The monoisotopic (exact) mass is 410 g/mol. The van der Waals surface area contributed by atoms with E-state index in [4.69, 9.17) is 5.73 Å². The number of aromatic nitrogens is 2. The predicted octanol–water partition coefficient (Wildman–Crippen LogP) is 2.61. The van der Waals surface area contributed by atoms with Gasteiger partial charge in [0, 0.05) is 6.54 Å². The minimum absolute atomic E-state index is 0.0472. The van der Waals surface area contributed by atoms with Crippen LogP contribution >= 0.6 is 0 Å². The zero-order valence-electron chi connectivity index (χ0n) is 16.8. The van der Waals surface area contributed by atoms with Gasteiger partial charge in [-0.25, -0.2) is 9.18 Å². The van der Waals surface area contributed by atoms with Crippen molar-refractivity contribution >= 4 is 17.4 Å². The number of nitrogens with one attached hydrogen (secondary N) is 1. The minimum atomic E-state index is -0.799. The Labute approximate surface area is 172 Å². The van der Waals surface area contributed by atoms with E-state index >= 15 is 0 Å². The summed E-state index contributed by atoms with van der Waals surface area (Å²) < 4.78 is 15.5. The van der Waals surface area contributed by atoms with E-state index < -0.39 is 23.0 Å². The van der Waals surface area contributed by atoms with Crippen LogP contribution in [-0.4, -0.2) is 22.0 Å². The second-order valence-corrected chi connectivity index (χ2v) is 7.35. The highest BCUT2D eigenvalue weighted by molar-refractivity contribution is 6.07. The number of anilines is 2. The number of benzene rings is 2. The fraction of sp³-hybridized carbons (Fsp3) is 0.227. The zero-order valence-corrected chi connectivity index (χ0v) is 16.8. The topological polar surface area (TPSA) is 101 Å². The number of nitrogen functional groups attached to an aromatic ring is 1. The second-order valence-electron chi connectivity index (χ2n) is 7.35. The minimum Gasteiger partial charge on any atom is -0.383 e. The van der Waals surface area contributed by atoms with Gasteiger partial charge in [-0.2, -0.15) is 0 Å². The molecular formula is C22H23FN4O3. The van der Waals surface area contributed by atoms with Crippen molar-refractivity contribution in [3.8, 4) is 0 Å². The highest BCUT2D eigenvalue weighted by atomic mass is 19.1. The summed E-state index contributed by atoms with van der Waals surface area (Å²) in [6.45, 7) is 3.93. The van der Waals surface area contributed by atoms with E-state index in [1.54, 1.807) is 0 Å². The number of halogens is 1. The van der Waals surface area contributed by atoms with Crippen molar-refractivity contribution in [1.82, 2.24) is 9.55 Å². The zero-order chi connectivity index (χ0) is 21.8. The van der Waals surface area contributed by atoms with Crippen LogP contribution in [0.3, 0.4) is 0 Å². The molecule has 0 saturated heterocycles. The molecule has 7 nitrogen and oxygen atoms in total. The molecule has 0 unspecified atom stereocenters. The first-order valence-corrected chi connectivity index (χ1v) is 9.52. The van der Waals surface area contributed by atoms with Gasteiger partial charge in [-0.3, -0.25) is 19.1 Å². The van der Waals surface area contributed by atoms with Gasteiger partial charge >= 0.3 is 5.69 Å². The number of amides is 1. The van der Waals surface area contributed by atoms with Gasteiger partial charge in [0.2, 0.25) is 0 Å². The van der Waals surface area contributed by atoms with Gasteiger partial charge in [-0.05, 0) is 23.6 Å². The molecule has 8 heteroatoms. The Balaban J connectivity index is 2.15. The van der Waals surface area contributed by atoms with Crippen LogP contribution in [0.15, 0.2) is 64.2 Å². The van der Waals surface area contributed by atoms with Gasteiger partial charge in [-0.15, -0.1) is 0 Å². The van der Waals surface area contributed by atoms with Crippen molar-refractivity contribution in [3.05, 3.63) is 92.4 Å². The summed E-state index contributed by atoms with van der Waals surface area (Å²) >= 11 is 0. The van der Waals surface area contributed by atoms with E-state index in [-0.39, 0.29) is 36.1 Å². The predicted molar refractivity (Wildman–Crippen MR) is 114 cm³/mol. The average molecular weight is 410 g/mol. The van der Waals surface area contributed by atoms with Gasteiger partial charge in [0.1, 0.15) is 11.6 Å². The number of hydrogen-bond donors (Lipinski definition) is 2. The third kappa shape index (κ3) is 4.32. The molecule has 3 aromatic rings. The summed E-state index contributed by atoms with van der Waals surface area (Å²) in [6.07, 6.45) is 0. The molecule has 3 rings (SSSR count). The first-order valence-electron chi connectivity index (χ1n) is 9.52. The molecule has 0 saturated carbocycles. The van der Waals surface area contributed by atoms with Gasteiger partial charge in [0.25, 0.3) is 11.5 Å². The molecule has 0 spiro atoms. The standard InChI is InChI=1S/C22H23FN4O3/c1-14(2)12-26(21(29)16-10-6-7-11-17(16)23)18-19(24)27(22(30)25-20(18)28)13-15-8-4-3-5-9-15/h3-11,14H,12-13,24H2,1-2H3,(H,25,28,30). The molecule has 0 fully saturated rings. The largest absolute Gasteiger partial charge is 0.383 e. The molecule has 1 aromatic heterocycles. The van der Waals surface area contributed by atoms with E-state index in [0.29, 0.717) is 0 Å². The third-order valence-electron chi connectivity index (χ3n) is 4.56. The van der Waals surface area contributed by atoms with Crippen molar-refractivity contribution in [1.29, 1.82) is 0 Å². The SMILES string of the molecule is CC(C)CN(C(=O)c1ccccc1F)c1c(N)n(Cc2ccccc2)c(=O)[nH]c1=O. The highest BCUT2D eigenvalue weighted by Crippen LogP contribution is 2.22. The number of carbonyl (C=O) groups is 1. The molecule has 1 heterocycles. The van der Waals surface area contributed by atoms with Crippen molar-refractivity contribution in [2.45, 2.75) is 20.4 Å². The maximum Gasteiger partial charge on any atom is 0.330 e. The summed E-state index contributed by atoms with van der Waals surface area (Å²) in [6, 6.07) is 14.6. The molecule has 3 N–H and O–H groups in total. The van der Waals surface area contributed by atoms with Gasteiger partial charge < -0.3 is 10.6 Å². The Morgan fingerprint density at radius 3 is 2.37 bits per heavy atom. The van der Waals surface area contributed by atoms with Crippen molar-refractivity contribution in [3.63, 3.8) is 0 Å². The Bertz CT molecular complexity index is 1170. The van der Waals surface area contributed by atoms with Gasteiger partial charge in [-0.1, -0.05) is 56.3 Å². The number of nitrogens with zero attached hydrogens (tertiary/aromatic N) is 2. The van der Waals surface area contributed by atoms with Crippen LogP contribution in [0.25, 0.3) is 0 Å². The molecule has 0 bridgehead atoms. The molecule has 0 aliphatic rings. The average Bonchev–Trinajstić information content (AvgIpc) is 2.70. The van der Waals surface area contributed by atoms with E-state index in [2.05, 4.69) is 4.98 Å². The maximum absolute atomic E-state index is 14.3. The molecule has 0 radical (unpaired) electrons. The lowest BCUT2D eigenvalue weighted by atomic mass is 10.1. The second kappa shape index (κ2) is 8.77. The van der Waals surface area contributed by atoms with Crippen LogP contribution in [0.1, 0.15) is 29.8 Å². The Kier molecular flexibility index (Phi) is 6.15. The fourth-order valence-electron chi connectivity index (χ4n) is 3.18. The summed E-state index contributed by atoms with van der Waals surface area (Å²) in [5, 5.41) is 0. The first-order chi connectivity index (χ1) is 14.3. The van der Waals surface area contributed by atoms with Crippen LogP contribution in [-0.2, 0) is 6.54 Å². The van der Waals surface area contributed by atoms with Gasteiger partial charge in [0.15, 0.2) is 5.69 Å². The summed E-state index contributed by atoms with van der Waals surface area (Å²) in [4.78, 5) is 41.6. The molecule has 2 aromatic carbocycles. The first kappa shape index (κ1) is 21.0. The highest BCUT2D eigenvalue weighted by Gasteiger charge is 2.27. The molecule has 0 aliphatic carbocycles. The lowest BCUT2D eigenvalue weighted by Crippen LogP contribution is -2.43. The van der Waals surface area contributed by atoms with E-state index in [1.807, 2.05) is 44.2 Å². The lowest BCUT2D eigenvalue weighted by molar-refractivity contribution is 0.0979. The lowest BCUT2D eigenvalue weighted by Gasteiger charge is -2.26. The van der Waals surface area contributed by atoms with Crippen LogP contribution in [0.4, 0.5) is 15.9 Å². The third-order valence-corrected chi connectivity index (χ3v) is 4.56. The molecular weight excluding hydrogens is 387 g/mol. The van der Waals surface area contributed by atoms with Crippen molar-refractivity contribution < 1.29 is 9.18 Å². The molecule has 1 amide bonds. The summed E-state index contributed by atoms with van der Waals surface area (Å²) in [5.41, 5.74) is 5.17. The van der Waals surface area contributed by atoms with E-state index in [9.17, 15) is 18.8 Å². The maximum atomic E-state index is 14.3. The number of nitrogens with two attached hydrogens (primary N) is 1. The number of aromatic amines is 1. The molecule has 156 valence electrons. The van der Waals surface area contributed by atoms with Crippen LogP contribution in [0, 0.1) is 11.7 Å². The summed E-state index contributed by atoms with van der Waals surface area (Å²) in [5.74, 6) is -1.61.